The van der Waals surface area contributed by atoms with Crippen LogP contribution in [0, 0.1) is 5.92 Å². The van der Waals surface area contributed by atoms with Gasteiger partial charge in [-0.3, -0.25) is 15.4 Å². The van der Waals surface area contributed by atoms with Crippen molar-refractivity contribution >= 4 is 5.91 Å². The first-order chi connectivity index (χ1) is 11.7. The lowest BCUT2D eigenvalue weighted by Gasteiger charge is -2.43. The molecule has 0 bridgehead atoms. The van der Waals surface area contributed by atoms with E-state index in [-0.39, 0.29) is 6.17 Å². The van der Waals surface area contributed by atoms with Crippen LogP contribution in [-0.4, -0.2) is 48.3 Å². The highest BCUT2D eigenvalue weighted by Crippen LogP contribution is 2.35. The molecule has 2 aliphatic heterocycles. The van der Waals surface area contributed by atoms with Gasteiger partial charge in [0.2, 0.25) is 5.91 Å². The number of hydrogen-bond acceptors (Lipinski definition) is 4. The third-order valence-corrected chi connectivity index (χ3v) is 6.80. The summed E-state index contributed by atoms with van der Waals surface area (Å²) in [5.74, 6) is 0.995. The second-order valence-electron chi connectivity index (χ2n) is 8.66. The number of carbonyl (C=O) groups excluding carboxylic acids is 1. The third-order valence-electron chi connectivity index (χ3n) is 6.80. The van der Waals surface area contributed by atoms with Gasteiger partial charge in [0, 0.05) is 19.6 Å². The molecule has 4 fully saturated rings. The van der Waals surface area contributed by atoms with Crippen molar-refractivity contribution in [2.45, 2.75) is 94.5 Å². The molecule has 0 aromatic rings. The largest absolute Gasteiger partial charge is 0.326 e. The molecule has 0 aromatic heterocycles. The number of carbonyl (C=O) groups is 1. The molecule has 3 unspecified atom stereocenters. The van der Waals surface area contributed by atoms with Crippen LogP contribution in [-0.2, 0) is 4.79 Å². The molecule has 4 rings (SSSR count). The van der Waals surface area contributed by atoms with Crippen LogP contribution in [0.3, 0.4) is 0 Å². The summed E-state index contributed by atoms with van der Waals surface area (Å²) in [4.78, 5) is 15.2. The van der Waals surface area contributed by atoms with Gasteiger partial charge in [-0.1, -0.05) is 51.4 Å². The van der Waals surface area contributed by atoms with Crippen molar-refractivity contribution in [2.75, 3.05) is 13.6 Å². The predicted molar refractivity (Wildman–Crippen MR) is 95.4 cm³/mol. The standard InChI is InChI=1S/C19H34N4O/c1-23-17-16(21-17)22-19(18(23)24,12-14-8-4-2-5-9-14)13-20-15-10-6-3-7-11-15/h14-17,20-22H,2-13H2,1H3. The first-order valence-corrected chi connectivity index (χ1v) is 10.2. The zero-order chi connectivity index (χ0) is 16.6. The lowest BCUT2D eigenvalue weighted by molar-refractivity contribution is -0.141. The Morgan fingerprint density at radius 3 is 2.46 bits per heavy atom. The number of fused-ring (bicyclic) bond motifs is 1. The Hall–Kier alpha value is -0.650. The quantitative estimate of drug-likeness (QED) is 0.672. The number of nitrogens with zero attached hydrogens (tertiary/aromatic N) is 1. The van der Waals surface area contributed by atoms with E-state index >= 15 is 0 Å². The molecule has 2 heterocycles. The van der Waals surface area contributed by atoms with Crippen LogP contribution >= 0.6 is 0 Å². The maximum atomic E-state index is 13.2. The second-order valence-corrected chi connectivity index (χ2v) is 8.66. The van der Waals surface area contributed by atoms with Crippen LogP contribution < -0.4 is 16.0 Å². The highest BCUT2D eigenvalue weighted by atomic mass is 16.2. The first-order valence-electron chi connectivity index (χ1n) is 10.2. The summed E-state index contributed by atoms with van der Waals surface area (Å²) in [6, 6.07) is 0.603. The maximum absolute atomic E-state index is 13.2. The minimum Gasteiger partial charge on any atom is -0.326 e. The number of hydrogen-bond donors (Lipinski definition) is 3. The van der Waals surface area contributed by atoms with Crippen LogP contribution in [0.4, 0.5) is 0 Å². The van der Waals surface area contributed by atoms with Crippen LogP contribution in [0.5, 0.6) is 0 Å². The monoisotopic (exact) mass is 334 g/mol. The lowest BCUT2D eigenvalue weighted by atomic mass is 9.77. The van der Waals surface area contributed by atoms with E-state index in [2.05, 4.69) is 16.0 Å². The molecule has 5 nitrogen and oxygen atoms in total. The minimum absolute atomic E-state index is 0.215. The van der Waals surface area contributed by atoms with Gasteiger partial charge in [-0.25, -0.2) is 0 Å². The highest BCUT2D eigenvalue weighted by molar-refractivity contribution is 5.88. The van der Waals surface area contributed by atoms with Gasteiger partial charge >= 0.3 is 0 Å². The van der Waals surface area contributed by atoms with Gasteiger partial charge in [0.05, 0.1) is 6.17 Å². The molecule has 2 saturated carbocycles. The van der Waals surface area contributed by atoms with Crippen molar-refractivity contribution in [3.05, 3.63) is 0 Å². The first kappa shape index (κ1) is 16.8. The number of rotatable bonds is 5. The number of piperazine rings is 1. The Balaban J connectivity index is 1.46. The average Bonchev–Trinajstić information content (AvgIpc) is 3.39. The van der Waals surface area contributed by atoms with Crippen molar-refractivity contribution in [3.63, 3.8) is 0 Å². The molecule has 2 saturated heterocycles. The molecule has 24 heavy (non-hydrogen) atoms. The Bertz CT molecular complexity index is 458. The second kappa shape index (κ2) is 6.93. The summed E-state index contributed by atoms with van der Waals surface area (Å²) < 4.78 is 0. The molecule has 4 aliphatic rings. The average molecular weight is 335 g/mol. The summed E-state index contributed by atoms with van der Waals surface area (Å²) in [6.45, 7) is 0.794. The Kier molecular flexibility index (Phi) is 4.85. The molecule has 0 radical (unpaired) electrons. The van der Waals surface area contributed by atoms with E-state index < -0.39 is 5.54 Å². The molecule has 3 N–H and O–H groups in total. The summed E-state index contributed by atoms with van der Waals surface area (Å²) in [6.07, 6.45) is 14.7. The van der Waals surface area contributed by atoms with E-state index in [4.69, 9.17) is 0 Å². The topological polar surface area (TPSA) is 66.3 Å². The molecular formula is C19H34N4O. The number of nitrogens with one attached hydrogen (secondary N) is 3. The molecule has 0 spiro atoms. The van der Waals surface area contributed by atoms with Crippen LogP contribution in [0.25, 0.3) is 0 Å². The summed E-state index contributed by atoms with van der Waals surface area (Å²) in [5, 5.41) is 10.9. The van der Waals surface area contributed by atoms with E-state index in [1.807, 2.05) is 11.9 Å². The number of likely N-dealkylation sites (N-methyl/N-ethyl adjacent to an activating group) is 1. The normalized spacial score (nSPS) is 38.2. The SMILES string of the molecule is CN1C(=O)C(CNC2CCCCC2)(CC2CCCCC2)NC2NC21. The fourth-order valence-corrected chi connectivity index (χ4v) is 5.26. The van der Waals surface area contributed by atoms with E-state index in [0.717, 1.165) is 13.0 Å². The van der Waals surface area contributed by atoms with E-state index in [1.54, 1.807) is 0 Å². The van der Waals surface area contributed by atoms with Crippen molar-refractivity contribution < 1.29 is 4.79 Å². The molecule has 1 amide bonds. The van der Waals surface area contributed by atoms with Crippen LogP contribution in [0.2, 0.25) is 0 Å². The molecule has 0 aromatic carbocycles. The van der Waals surface area contributed by atoms with Crippen molar-refractivity contribution in [2.24, 2.45) is 5.92 Å². The Morgan fingerprint density at radius 2 is 1.75 bits per heavy atom. The summed E-state index contributed by atoms with van der Waals surface area (Å²) in [5.41, 5.74) is -0.404. The van der Waals surface area contributed by atoms with Gasteiger partial charge in [0.1, 0.15) is 11.7 Å². The van der Waals surface area contributed by atoms with Gasteiger partial charge in [0.15, 0.2) is 0 Å². The van der Waals surface area contributed by atoms with Gasteiger partial charge in [-0.2, -0.15) is 0 Å². The van der Waals surface area contributed by atoms with Crippen molar-refractivity contribution in [1.82, 2.24) is 20.9 Å². The zero-order valence-electron chi connectivity index (χ0n) is 15.2. The molecule has 3 atom stereocenters. The van der Waals surface area contributed by atoms with Gasteiger partial charge < -0.3 is 10.2 Å². The number of amides is 1. The molecule has 2 aliphatic carbocycles. The maximum Gasteiger partial charge on any atom is 0.245 e. The predicted octanol–water partition coefficient (Wildman–Crippen LogP) is 1.93. The zero-order valence-corrected chi connectivity index (χ0v) is 15.2. The van der Waals surface area contributed by atoms with Crippen molar-refractivity contribution in [1.29, 1.82) is 0 Å². The van der Waals surface area contributed by atoms with E-state index in [1.165, 1.54) is 64.2 Å². The van der Waals surface area contributed by atoms with Gasteiger partial charge in [0.25, 0.3) is 0 Å². The van der Waals surface area contributed by atoms with Gasteiger partial charge in [-0.15, -0.1) is 0 Å². The lowest BCUT2D eigenvalue weighted by Crippen LogP contribution is -2.68. The van der Waals surface area contributed by atoms with Crippen LogP contribution in [0.1, 0.15) is 70.6 Å². The fourth-order valence-electron chi connectivity index (χ4n) is 5.26. The van der Waals surface area contributed by atoms with Crippen LogP contribution in [0.15, 0.2) is 0 Å². The fraction of sp³-hybridized carbons (Fsp3) is 0.947. The van der Waals surface area contributed by atoms with Crippen molar-refractivity contribution in [3.8, 4) is 0 Å². The van der Waals surface area contributed by atoms with E-state index in [9.17, 15) is 4.79 Å². The summed E-state index contributed by atoms with van der Waals surface area (Å²) in [7, 11) is 1.97. The highest BCUT2D eigenvalue weighted by Gasteiger charge is 2.57. The third kappa shape index (κ3) is 3.35. The summed E-state index contributed by atoms with van der Waals surface area (Å²) >= 11 is 0. The van der Waals surface area contributed by atoms with E-state index in [0.29, 0.717) is 24.0 Å². The Morgan fingerprint density at radius 1 is 1.08 bits per heavy atom. The Labute approximate surface area is 146 Å². The molecule has 5 heteroatoms. The smallest absolute Gasteiger partial charge is 0.245 e. The minimum atomic E-state index is -0.404. The van der Waals surface area contributed by atoms with Gasteiger partial charge in [-0.05, 0) is 25.2 Å². The molecule has 136 valence electrons. The molecular weight excluding hydrogens is 300 g/mol.